The Morgan fingerprint density at radius 3 is 2.37 bits per heavy atom. The lowest BCUT2D eigenvalue weighted by molar-refractivity contribution is 0.0945. The van der Waals surface area contributed by atoms with E-state index in [2.05, 4.69) is 15.6 Å². The second-order valence-electron chi connectivity index (χ2n) is 7.23. The fourth-order valence-electron chi connectivity index (χ4n) is 2.75. The van der Waals surface area contributed by atoms with Crippen molar-refractivity contribution in [3.8, 4) is 0 Å². The fourth-order valence-corrected chi connectivity index (χ4v) is 4.11. The lowest BCUT2D eigenvalue weighted by atomic mass is 10.2. The van der Waals surface area contributed by atoms with E-state index in [0.29, 0.717) is 6.54 Å². The normalized spacial score (nSPS) is 11.8. The third kappa shape index (κ3) is 5.11. The number of carbonyl (C=O) groups excluding carboxylic acids is 1. The van der Waals surface area contributed by atoms with Gasteiger partial charge in [-0.25, -0.2) is 13.1 Å². The average Bonchev–Trinajstić information content (AvgIpc) is 3.21. The van der Waals surface area contributed by atoms with Gasteiger partial charge < -0.3 is 5.32 Å². The summed E-state index contributed by atoms with van der Waals surface area (Å²) in [6, 6.07) is 16.1. The summed E-state index contributed by atoms with van der Waals surface area (Å²) in [4.78, 5) is 12.6. The number of hydrogen-bond donors (Lipinski definition) is 1. The van der Waals surface area contributed by atoms with E-state index in [1.54, 1.807) is 42.2 Å². The quantitative estimate of drug-likeness (QED) is 0.595. The summed E-state index contributed by atoms with van der Waals surface area (Å²) in [6.45, 7) is 4.42. The summed E-state index contributed by atoms with van der Waals surface area (Å²) < 4.78 is 27.9. The lowest BCUT2D eigenvalue weighted by Gasteiger charge is -2.21. The van der Waals surface area contributed by atoms with Crippen LogP contribution in [0.5, 0.6) is 0 Å². The van der Waals surface area contributed by atoms with Gasteiger partial charge in [-0.15, -0.1) is 5.10 Å². The summed E-state index contributed by atoms with van der Waals surface area (Å²) >= 11 is 0. The molecule has 1 amide bonds. The van der Waals surface area contributed by atoms with Crippen molar-refractivity contribution in [3.05, 3.63) is 77.6 Å². The van der Waals surface area contributed by atoms with E-state index in [9.17, 15) is 13.2 Å². The highest BCUT2D eigenvalue weighted by Gasteiger charge is 2.22. The predicted octanol–water partition coefficient (Wildman–Crippen LogP) is 2.29. The summed E-state index contributed by atoms with van der Waals surface area (Å²) in [7, 11) is -1.97. The molecule has 2 aromatic carbocycles. The smallest absolute Gasteiger partial charge is 0.273 e. The topological polar surface area (TPSA) is 97.2 Å². The standard InChI is InChI=1S/C21H25N5O3S/c1-16(2)25(3)30(28,29)19-11-9-17(10-12-19)13-22-21(27)20-15-26(24-23-20)14-18-7-5-4-6-8-18/h4-12,15-16H,13-14H2,1-3H3,(H,22,27). The molecule has 1 aromatic heterocycles. The molecule has 0 radical (unpaired) electrons. The van der Waals surface area contributed by atoms with Crippen molar-refractivity contribution >= 4 is 15.9 Å². The molecule has 3 aromatic rings. The van der Waals surface area contributed by atoms with Crippen molar-refractivity contribution in [2.75, 3.05) is 7.05 Å². The Kier molecular flexibility index (Phi) is 6.63. The summed E-state index contributed by atoms with van der Waals surface area (Å²) in [5, 5.41) is 10.7. The fraction of sp³-hybridized carbons (Fsp3) is 0.286. The zero-order valence-corrected chi connectivity index (χ0v) is 18.0. The molecule has 0 aliphatic carbocycles. The Labute approximate surface area is 176 Å². The van der Waals surface area contributed by atoms with Gasteiger partial charge in [0.15, 0.2) is 5.69 Å². The van der Waals surface area contributed by atoms with Crippen LogP contribution in [0.3, 0.4) is 0 Å². The number of aromatic nitrogens is 3. The summed E-state index contributed by atoms with van der Waals surface area (Å²) in [5.74, 6) is -0.342. The predicted molar refractivity (Wildman–Crippen MR) is 113 cm³/mol. The molecule has 158 valence electrons. The van der Waals surface area contributed by atoms with E-state index >= 15 is 0 Å². The highest BCUT2D eigenvalue weighted by molar-refractivity contribution is 7.89. The van der Waals surface area contributed by atoms with E-state index in [4.69, 9.17) is 0 Å². The van der Waals surface area contributed by atoms with Crippen LogP contribution in [-0.2, 0) is 23.1 Å². The van der Waals surface area contributed by atoms with E-state index in [1.165, 1.54) is 4.31 Å². The van der Waals surface area contributed by atoms with E-state index < -0.39 is 10.0 Å². The van der Waals surface area contributed by atoms with Crippen molar-refractivity contribution in [2.24, 2.45) is 0 Å². The zero-order valence-electron chi connectivity index (χ0n) is 17.2. The summed E-state index contributed by atoms with van der Waals surface area (Å²) in [5.41, 5.74) is 2.07. The van der Waals surface area contributed by atoms with Crippen LogP contribution < -0.4 is 5.32 Å². The minimum Gasteiger partial charge on any atom is -0.347 e. The van der Waals surface area contributed by atoms with Crippen molar-refractivity contribution < 1.29 is 13.2 Å². The maximum atomic E-state index is 12.5. The molecule has 0 spiro atoms. The molecule has 3 rings (SSSR count). The third-order valence-corrected chi connectivity index (χ3v) is 6.79. The molecular formula is C21H25N5O3S. The van der Waals surface area contributed by atoms with Crippen molar-refractivity contribution in [1.82, 2.24) is 24.6 Å². The van der Waals surface area contributed by atoms with Crippen molar-refractivity contribution in [3.63, 3.8) is 0 Å². The molecule has 0 atom stereocenters. The summed E-state index contributed by atoms with van der Waals surface area (Å²) in [6.07, 6.45) is 1.60. The molecule has 0 saturated heterocycles. The second kappa shape index (κ2) is 9.19. The maximum absolute atomic E-state index is 12.5. The van der Waals surface area contributed by atoms with Gasteiger partial charge in [0.05, 0.1) is 17.6 Å². The molecule has 1 heterocycles. The maximum Gasteiger partial charge on any atom is 0.273 e. The average molecular weight is 428 g/mol. The largest absolute Gasteiger partial charge is 0.347 e. The van der Waals surface area contributed by atoms with Gasteiger partial charge in [-0.2, -0.15) is 4.31 Å². The number of hydrogen-bond acceptors (Lipinski definition) is 5. The molecular weight excluding hydrogens is 402 g/mol. The molecule has 0 aliphatic heterocycles. The number of amides is 1. The second-order valence-corrected chi connectivity index (χ2v) is 9.23. The number of nitrogens with one attached hydrogen (secondary N) is 1. The van der Waals surface area contributed by atoms with Gasteiger partial charge in [0.1, 0.15) is 0 Å². The Balaban J connectivity index is 1.59. The highest BCUT2D eigenvalue weighted by atomic mass is 32.2. The minimum absolute atomic E-state index is 0.135. The molecule has 8 nitrogen and oxygen atoms in total. The van der Waals surface area contributed by atoms with Crippen LogP contribution in [0.1, 0.15) is 35.5 Å². The Bertz CT molecular complexity index is 1090. The first kappa shape index (κ1) is 21.7. The molecule has 30 heavy (non-hydrogen) atoms. The molecule has 1 N–H and O–H groups in total. The van der Waals surface area contributed by atoms with Crippen molar-refractivity contribution in [2.45, 2.75) is 37.9 Å². The van der Waals surface area contributed by atoms with Gasteiger partial charge in [0.2, 0.25) is 10.0 Å². The van der Waals surface area contributed by atoms with E-state index in [1.807, 2.05) is 44.2 Å². The highest BCUT2D eigenvalue weighted by Crippen LogP contribution is 2.17. The molecule has 0 saturated carbocycles. The van der Waals surface area contributed by atoms with Crippen molar-refractivity contribution in [1.29, 1.82) is 0 Å². The van der Waals surface area contributed by atoms with Crippen LogP contribution in [0, 0.1) is 0 Å². The van der Waals surface area contributed by atoms with Gasteiger partial charge in [-0.3, -0.25) is 4.79 Å². The van der Waals surface area contributed by atoms with Crippen LogP contribution in [0.4, 0.5) is 0 Å². The Hall–Kier alpha value is -3.04. The number of sulfonamides is 1. The van der Waals surface area contributed by atoms with Crippen LogP contribution in [0.2, 0.25) is 0 Å². The molecule has 0 aliphatic rings. The van der Waals surface area contributed by atoms with Gasteiger partial charge in [-0.1, -0.05) is 47.7 Å². The molecule has 9 heteroatoms. The van der Waals surface area contributed by atoms with Crippen LogP contribution in [0.25, 0.3) is 0 Å². The molecule has 0 bridgehead atoms. The van der Waals surface area contributed by atoms with E-state index in [-0.39, 0.29) is 29.1 Å². The van der Waals surface area contributed by atoms with Crippen LogP contribution in [-0.4, -0.2) is 46.7 Å². The van der Waals surface area contributed by atoms with Crippen LogP contribution in [0.15, 0.2) is 65.7 Å². The van der Waals surface area contributed by atoms with Gasteiger partial charge in [-0.05, 0) is 37.1 Å². The van der Waals surface area contributed by atoms with Gasteiger partial charge in [0, 0.05) is 19.6 Å². The first-order valence-corrected chi connectivity index (χ1v) is 11.0. The van der Waals surface area contributed by atoms with Gasteiger partial charge >= 0.3 is 0 Å². The van der Waals surface area contributed by atoms with Crippen LogP contribution >= 0.6 is 0 Å². The SMILES string of the molecule is CC(C)N(C)S(=O)(=O)c1ccc(CNC(=O)c2cn(Cc3ccccc3)nn2)cc1. The number of benzene rings is 2. The number of rotatable bonds is 8. The minimum atomic E-state index is -3.53. The first-order chi connectivity index (χ1) is 14.3. The zero-order chi connectivity index (χ0) is 21.7. The molecule has 0 unspecified atom stereocenters. The Morgan fingerprint density at radius 2 is 1.73 bits per heavy atom. The molecule has 0 fully saturated rings. The first-order valence-electron chi connectivity index (χ1n) is 9.56. The monoisotopic (exact) mass is 427 g/mol. The Morgan fingerprint density at radius 1 is 1.07 bits per heavy atom. The van der Waals surface area contributed by atoms with Gasteiger partial charge in [0.25, 0.3) is 5.91 Å². The third-order valence-electron chi connectivity index (χ3n) is 4.74. The number of nitrogens with zero attached hydrogens (tertiary/aromatic N) is 4. The number of carbonyl (C=O) groups is 1. The van der Waals surface area contributed by atoms with E-state index in [0.717, 1.165) is 11.1 Å². The lowest BCUT2D eigenvalue weighted by Crippen LogP contribution is -2.33.